The number of fused-ring (bicyclic) bond motifs is 1. The first-order valence-electron chi connectivity index (χ1n) is 7.78. The lowest BCUT2D eigenvalue weighted by Crippen LogP contribution is -2.22. The first-order chi connectivity index (χ1) is 10.2. The number of aliphatic hydroxyl groups is 1. The summed E-state index contributed by atoms with van der Waals surface area (Å²) in [7, 11) is 0. The van der Waals surface area contributed by atoms with Gasteiger partial charge in [-0.2, -0.15) is 0 Å². The summed E-state index contributed by atoms with van der Waals surface area (Å²) in [6.07, 6.45) is 4.34. The van der Waals surface area contributed by atoms with Crippen molar-refractivity contribution in [1.82, 2.24) is 9.55 Å². The standard InChI is InChI=1S/C16H23N3O2/c1-2-10-21-14-5-3-4-13-15(14)18-16(17)19(13)11-6-8-12(20)9-7-11/h3-5,11-12,20H,2,6-10H2,1H3,(H2,17,18). The van der Waals surface area contributed by atoms with Crippen LogP contribution in [0, 0.1) is 0 Å². The average molecular weight is 289 g/mol. The molecule has 1 aromatic heterocycles. The van der Waals surface area contributed by atoms with Crippen LogP contribution in [0.15, 0.2) is 18.2 Å². The molecule has 21 heavy (non-hydrogen) atoms. The Bertz CT molecular complexity index is 615. The predicted molar refractivity (Wildman–Crippen MR) is 83.4 cm³/mol. The van der Waals surface area contributed by atoms with Crippen molar-refractivity contribution in [3.8, 4) is 5.75 Å². The minimum absolute atomic E-state index is 0.166. The van der Waals surface area contributed by atoms with Gasteiger partial charge in [0.05, 0.1) is 18.2 Å². The number of benzene rings is 1. The number of aliphatic hydroxyl groups excluding tert-OH is 1. The number of anilines is 1. The fourth-order valence-corrected chi connectivity index (χ4v) is 3.14. The van der Waals surface area contributed by atoms with Crippen molar-refractivity contribution in [2.75, 3.05) is 12.3 Å². The summed E-state index contributed by atoms with van der Waals surface area (Å²) >= 11 is 0. The first kappa shape index (κ1) is 14.2. The Labute approximate surface area is 124 Å². The van der Waals surface area contributed by atoms with Gasteiger partial charge in [-0.3, -0.25) is 0 Å². The number of nitrogen functional groups attached to an aromatic ring is 1. The molecule has 0 atom stereocenters. The molecular formula is C16H23N3O2. The minimum Gasteiger partial charge on any atom is -0.491 e. The summed E-state index contributed by atoms with van der Waals surface area (Å²) in [5.74, 6) is 1.34. The van der Waals surface area contributed by atoms with Gasteiger partial charge in [-0.05, 0) is 44.2 Å². The highest BCUT2D eigenvalue weighted by molar-refractivity contribution is 5.84. The zero-order valence-electron chi connectivity index (χ0n) is 12.5. The molecule has 1 aliphatic carbocycles. The smallest absolute Gasteiger partial charge is 0.201 e. The van der Waals surface area contributed by atoms with Crippen molar-refractivity contribution in [3.05, 3.63) is 18.2 Å². The van der Waals surface area contributed by atoms with Crippen LogP contribution in [0.2, 0.25) is 0 Å². The Morgan fingerprint density at radius 1 is 1.33 bits per heavy atom. The third-order valence-electron chi connectivity index (χ3n) is 4.20. The van der Waals surface area contributed by atoms with Crippen LogP contribution in [-0.2, 0) is 0 Å². The van der Waals surface area contributed by atoms with Crippen molar-refractivity contribution in [1.29, 1.82) is 0 Å². The van der Waals surface area contributed by atoms with Crippen molar-refractivity contribution >= 4 is 17.0 Å². The van der Waals surface area contributed by atoms with Gasteiger partial charge in [0, 0.05) is 6.04 Å². The van der Waals surface area contributed by atoms with E-state index in [0.717, 1.165) is 48.9 Å². The molecule has 0 saturated heterocycles. The highest BCUT2D eigenvalue weighted by atomic mass is 16.5. The van der Waals surface area contributed by atoms with Crippen molar-refractivity contribution in [2.24, 2.45) is 0 Å². The maximum Gasteiger partial charge on any atom is 0.201 e. The van der Waals surface area contributed by atoms with E-state index in [-0.39, 0.29) is 6.10 Å². The Morgan fingerprint density at radius 3 is 2.81 bits per heavy atom. The van der Waals surface area contributed by atoms with E-state index in [4.69, 9.17) is 10.5 Å². The highest BCUT2D eigenvalue weighted by Crippen LogP contribution is 2.35. The molecule has 0 spiro atoms. The second-order valence-electron chi connectivity index (χ2n) is 5.77. The maximum absolute atomic E-state index is 9.67. The maximum atomic E-state index is 9.67. The van der Waals surface area contributed by atoms with Crippen molar-refractivity contribution < 1.29 is 9.84 Å². The summed E-state index contributed by atoms with van der Waals surface area (Å²) in [6, 6.07) is 6.30. The Balaban J connectivity index is 1.97. The lowest BCUT2D eigenvalue weighted by molar-refractivity contribution is 0.112. The molecule has 3 N–H and O–H groups in total. The topological polar surface area (TPSA) is 73.3 Å². The Morgan fingerprint density at radius 2 is 2.10 bits per heavy atom. The molecule has 3 rings (SSSR count). The van der Waals surface area contributed by atoms with Crippen LogP contribution >= 0.6 is 0 Å². The number of hydrogen-bond acceptors (Lipinski definition) is 4. The molecule has 1 fully saturated rings. The molecule has 1 saturated carbocycles. The Hall–Kier alpha value is -1.75. The summed E-state index contributed by atoms with van der Waals surface area (Å²) in [6.45, 7) is 2.77. The monoisotopic (exact) mass is 289 g/mol. The van der Waals surface area contributed by atoms with E-state index in [2.05, 4.69) is 16.5 Å². The number of para-hydroxylation sites is 1. The molecule has 5 heteroatoms. The lowest BCUT2D eigenvalue weighted by Gasteiger charge is -2.27. The van der Waals surface area contributed by atoms with Crippen LogP contribution in [0.25, 0.3) is 11.0 Å². The van der Waals surface area contributed by atoms with Crippen LogP contribution in [0.4, 0.5) is 5.95 Å². The van der Waals surface area contributed by atoms with Gasteiger partial charge in [-0.25, -0.2) is 4.98 Å². The molecule has 5 nitrogen and oxygen atoms in total. The molecule has 0 aliphatic heterocycles. The fourth-order valence-electron chi connectivity index (χ4n) is 3.14. The van der Waals surface area contributed by atoms with E-state index in [1.54, 1.807) is 0 Å². The lowest BCUT2D eigenvalue weighted by atomic mass is 9.93. The molecule has 2 aromatic rings. The molecule has 0 radical (unpaired) electrons. The number of nitrogens with two attached hydrogens (primary N) is 1. The summed E-state index contributed by atoms with van der Waals surface area (Å²) in [5.41, 5.74) is 8.02. The van der Waals surface area contributed by atoms with E-state index in [9.17, 15) is 5.11 Å². The van der Waals surface area contributed by atoms with Gasteiger partial charge in [0.15, 0.2) is 0 Å². The van der Waals surface area contributed by atoms with E-state index in [1.807, 2.05) is 18.2 Å². The third-order valence-corrected chi connectivity index (χ3v) is 4.20. The summed E-state index contributed by atoms with van der Waals surface area (Å²) in [5, 5.41) is 9.67. The number of ether oxygens (including phenoxy) is 1. The van der Waals surface area contributed by atoms with Crippen LogP contribution in [0.5, 0.6) is 5.75 Å². The van der Waals surface area contributed by atoms with Gasteiger partial charge in [-0.1, -0.05) is 13.0 Å². The van der Waals surface area contributed by atoms with Gasteiger partial charge in [-0.15, -0.1) is 0 Å². The zero-order chi connectivity index (χ0) is 14.8. The predicted octanol–water partition coefficient (Wildman–Crippen LogP) is 2.88. The normalized spacial score (nSPS) is 22.6. The van der Waals surface area contributed by atoms with E-state index >= 15 is 0 Å². The average Bonchev–Trinajstić information content (AvgIpc) is 2.83. The number of rotatable bonds is 4. The Kier molecular flexibility index (Phi) is 4.01. The van der Waals surface area contributed by atoms with Gasteiger partial charge < -0.3 is 20.1 Å². The van der Waals surface area contributed by atoms with Gasteiger partial charge >= 0.3 is 0 Å². The molecule has 0 unspecified atom stereocenters. The number of aromatic nitrogens is 2. The van der Waals surface area contributed by atoms with Crippen LogP contribution in [0.1, 0.15) is 45.1 Å². The van der Waals surface area contributed by atoms with Crippen LogP contribution in [0.3, 0.4) is 0 Å². The third kappa shape index (κ3) is 2.70. The second-order valence-corrected chi connectivity index (χ2v) is 5.77. The first-order valence-corrected chi connectivity index (χ1v) is 7.78. The SMILES string of the molecule is CCCOc1cccc2c1nc(N)n2C1CCC(O)CC1. The van der Waals surface area contributed by atoms with Crippen molar-refractivity contribution in [2.45, 2.75) is 51.2 Å². The summed E-state index contributed by atoms with van der Waals surface area (Å²) < 4.78 is 7.88. The fraction of sp³-hybridized carbons (Fsp3) is 0.562. The van der Waals surface area contributed by atoms with Crippen LogP contribution in [-0.4, -0.2) is 27.4 Å². The van der Waals surface area contributed by atoms with Gasteiger partial charge in [0.1, 0.15) is 11.3 Å². The molecule has 0 amide bonds. The number of nitrogens with zero attached hydrogens (tertiary/aromatic N) is 2. The molecule has 1 aliphatic rings. The number of imidazole rings is 1. The van der Waals surface area contributed by atoms with Gasteiger partial charge in [0.2, 0.25) is 5.95 Å². The molecule has 0 bridgehead atoms. The van der Waals surface area contributed by atoms with Gasteiger partial charge in [0.25, 0.3) is 0 Å². The minimum atomic E-state index is -0.166. The largest absolute Gasteiger partial charge is 0.491 e. The molecule has 114 valence electrons. The quantitative estimate of drug-likeness (QED) is 0.907. The van der Waals surface area contributed by atoms with E-state index in [0.29, 0.717) is 18.6 Å². The molecule has 1 aromatic carbocycles. The van der Waals surface area contributed by atoms with Crippen LogP contribution < -0.4 is 10.5 Å². The number of hydrogen-bond donors (Lipinski definition) is 2. The highest BCUT2D eigenvalue weighted by Gasteiger charge is 2.24. The summed E-state index contributed by atoms with van der Waals surface area (Å²) in [4.78, 5) is 4.51. The molecular weight excluding hydrogens is 266 g/mol. The second kappa shape index (κ2) is 5.93. The van der Waals surface area contributed by atoms with E-state index < -0.39 is 0 Å². The van der Waals surface area contributed by atoms with Crippen molar-refractivity contribution in [3.63, 3.8) is 0 Å². The molecule has 1 heterocycles. The zero-order valence-corrected chi connectivity index (χ0v) is 12.5. The van der Waals surface area contributed by atoms with E-state index in [1.165, 1.54) is 0 Å².